The fourth-order valence-electron chi connectivity index (χ4n) is 0.947. The number of hydrogen-bond donors (Lipinski definition) is 1. The van der Waals surface area contributed by atoms with Crippen LogP contribution in [0.5, 0.6) is 0 Å². The van der Waals surface area contributed by atoms with Crippen LogP contribution >= 0.6 is 0 Å². The van der Waals surface area contributed by atoms with Crippen LogP contribution in [0.25, 0.3) is 0 Å². The van der Waals surface area contributed by atoms with Gasteiger partial charge in [0.2, 0.25) is 0 Å². The van der Waals surface area contributed by atoms with Gasteiger partial charge in [-0.25, -0.2) is 0 Å². The molecule has 0 radical (unpaired) electrons. The molecule has 0 saturated heterocycles. The summed E-state index contributed by atoms with van der Waals surface area (Å²) in [5.41, 5.74) is 0. The third kappa shape index (κ3) is 4.74. The normalized spacial score (nSPS) is 12.1. The van der Waals surface area contributed by atoms with Gasteiger partial charge < -0.3 is 5.11 Å². The number of unbranched alkanes of at least 4 members (excludes halogenated alkanes) is 1. The Bertz CT molecular complexity index is 232. The van der Waals surface area contributed by atoms with Crippen molar-refractivity contribution in [2.24, 2.45) is 5.92 Å². The molecule has 0 aromatic rings. The maximum Gasteiger partial charge on any atom is 0.313 e. The second-order valence-electron chi connectivity index (χ2n) is 3.35. The number of carboxylic acids is 1. The molecule has 0 aliphatic rings. The number of rotatable bonds is 7. The van der Waals surface area contributed by atoms with Gasteiger partial charge in [0.15, 0.2) is 5.78 Å². The lowest BCUT2D eigenvalue weighted by molar-refractivity contribution is -0.145. The molecule has 0 aromatic carbocycles. The monoisotopic (exact) mass is 200 g/mol. The van der Waals surface area contributed by atoms with Crippen molar-refractivity contribution in [1.29, 1.82) is 0 Å². The van der Waals surface area contributed by atoms with Crippen molar-refractivity contribution in [2.75, 3.05) is 0 Å². The van der Waals surface area contributed by atoms with E-state index in [0.717, 1.165) is 12.8 Å². The second-order valence-corrected chi connectivity index (χ2v) is 3.35. The van der Waals surface area contributed by atoms with Gasteiger partial charge in [-0.3, -0.25) is 14.4 Å². The summed E-state index contributed by atoms with van der Waals surface area (Å²) >= 11 is 0. The van der Waals surface area contributed by atoms with E-state index >= 15 is 0 Å². The lowest BCUT2D eigenvalue weighted by Gasteiger charge is -2.03. The Morgan fingerprint density at radius 1 is 1.29 bits per heavy atom. The summed E-state index contributed by atoms with van der Waals surface area (Å²) in [6.45, 7) is 3.26. The van der Waals surface area contributed by atoms with Gasteiger partial charge in [-0.05, 0) is 13.3 Å². The summed E-state index contributed by atoms with van der Waals surface area (Å²) in [5.74, 6) is -2.90. The van der Waals surface area contributed by atoms with Crippen LogP contribution in [0.2, 0.25) is 0 Å². The van der Waals surface area contributed by atoms with Gasteiger partial charge >= 0.3 is 5.97 Å². The molecule has 0 spiro atoms. The van der Waals surface area contributed by atoms with E-state index in [4.69, 9.17) is 5.11 Å². The fourth-order valence-corrected chi connectivity index (χ4v) is 0.947. The summed E-state index contributed by atoms with van der Waals surface area (Å²) in [6, 6.07) is 0. The molecule has 0 saturated carbocycles. The first-order chi connectivity index (χ1) is 6.49. The number of carbonyl (C=O) groups excluding carboxylic acids is 2. The second kappa shape index (κ2) is 6.29. The molecule has 1 atom stereocenters. The molecule has 4 nitrogen and oxygen atoms in total. The minimum absolute atomic E-state index is 0.162. The Morgan fingerprint density at radius 2 is 1.86 bits per heavy atom. The molecule has 0 amide bonds. The van der Waals surface area contributed by atoms with Crippen LogP contribution in [0.15, 0.2) is 0 Å². The van der Waals surface area contributed by atoms with Crippen molar-refractivity contribution in [2.45, 2.75) is 39.5 Å². The number of Topliss-reactive ketones (excluding diaryl/α,β-unsaturated/α-hetero) is 2. The topological polar surface area (TPSA) is 71.4 Å². The molecule has 0 fully saturated rings. The van der Waals surface area contributed by atoms with Gasteiger partial charge in [-0.1, -0.05) is 13.3 Å². The van der Waals surface area contributed by atoms with Crippen LogP contribution in [0.3, 0.4) is 0 Å². The molecule has 0 aliphatic carbocycles. The predicted octanol–water partition coefficient (Wildman–Crippen LogP) is 1.43. The number of carboxylic acid groups (broad SMARTS) is 1. The molecule has 1 N–H and O–H groups in total. The first-order valence-corrected chi connectivity index (χ1v) is 4.76. The van der Waals surface area contributed by atoms with Crippen LogP contribution in [0, 0.1) is 5.92 Å². The molecule has 4 heteroatoms. The van der Waals surface area contributed by atoms with E-state index in [9.17, 15) is 14.4 Å². The minimum Gasteiger partial charge on any atom is -0.481 e. The van der Waals surface area contributed by atoms with E-state index in [1.54, 1.807) is 0 Å². The van der Waals surface area contributed by atoms with Crippen LogP contribution in [0.1, 0.15) is 39.5 Å². The van der Waals surface area contributed by atoms with E-state index in [-0.39, 0.29) is 12.2 Å². The average molecular weight is 200 g/mol. The fraction of sp³-hybridized carbons (Fsp3) is 0.700. The third-order valence-electron chi connectivity index (χ3n) is 2.03. The molecule has 1 unspecified atom stereocenters. The summed E-state index contributed by atoms with van der Waals surface area (Å²) in [6.07, 6.45) is 1.78. The van der Waals surface area contributed by atoms with Crippen molar-refractivity contribution in [1.82, 2.24) is 0 Å². The van der Waals surface area contributed by atoms with E-state index < -0.39 is 17.7 Å². The third-order valence-corrected chi connectivity index (χ3v) is 2.03. The number of hydrogen-bond acceptors (Lipinski definition) is 3. The van der Waals surface area contributed by atoms with Crippen LogP contribution in [-0.4, -0.2) is 22.6 Å². The minimum atomic E-state index is -1.17. The highest BCUT2D eigenvalue weighted by Crippen LogP contribution is 2.05. The van der Waals surface area contributed by atoms with Crippen molar-refractivity contribution < 1.29 is 19.5 Å². The first-order valence-electron chi connectivity index (χ1n) is 4.76. The van der Waals surface area contributed by atoms with Gasteiger partial charge in [-0.2, -0.15) is 0 Å². The molecular weight excluding hydrogens is 184 g/mol. The average Bonchev–Trinajstić information content (AvgIpc) is 2.13. The van der Waals surface area contributed by atoms with Crippen molar-refractivity contribution >= 4 is 17.5 Å². The van der Waals surface area contributed by atoms with E-state index in [0.29, 0.717) is 6.42 Å². The number of carbonyl (C=O) groups is 3. The molecule has 0 aromatic heterocycles. The number of ketones is 2. The smallest absolute Gasteiger partial charge is 0.313 e. The molecule has 80 valence electrons. The summed E-state index contributed by atoms with van der Waals surface area (Å²) in [7, 11) is 0. The molecule has 0 aliphatic heterocycles. The maximum atomic E-state index is 11.2. The molecule has 0 bridgehead atoms. The van der Waals surface area contributed by atoms with E-state index in [2.05, 4.69) is 0 Å². The zero-order valence-electron chi connectivity index (χ0n) is 8.58. The van der Waals surface area contributed by atoms with Gasteiger partial charge in [0.25, 0.3) is 0 Å². The summed E-state index contributed by atoms with van der Waals surface area (Å²) in [5, 5.41) is 8.51. The van der Waals surface area contributed by atoms with Crippen LogP contribution < -0.4 is 0 Å². The van der Waals surface area contributed by atoms with Gasteiger partial charge in [0, 0.05) is 6.42 Å². The highest BCUT2D eigenvalue weighted by molar-refractivity contribution is 6.07. The lowest BCUT2D eigenvalue weighted by Crippen LogP contribution is -2.22. The Balaban J connectivity index is 3.93. The molecular formula is C10H16O4. The quantitative estimate of drug-likeness (QED) is 0.631. The lowest BCUT2D eigenvalue weighted by atomic mass is 10.00. The standard InChI is InChI=1S/C10H16O4/c1-3-4-5-8(11)6-9(12)7(2)10(13)14/h7H,3-6H2,1-2H3,(H,13,14). The maximum absolute atomic E-state index is 11.2. The first kappa shape index (κ1) is 12.8. The Hall–Kier alpha value is -1.19. The Morgan fingerprint density at radius 3 is 2.29 bits per heavy atom. The Labute approximate surface area is 83.3 Å². The highest BCUT2D eigenvalue weighted by atomic mass is 16.4. The van der Waals surface area contributed by atoms with Gasteiger partial charge in [0.1, 0.15) is 11.7 Å². The van der Waals surface area contributed by atoms with Crippen LogP contribution in [-0.2, 0) is 14.4 Å². The zero-order chi connectivity index (χ0) is 11.1. The summed E-state index contributed by atoms with van der Waals surface area (Å²) in [4.78, 5) is 32.7. The van der Waals surface area contributed by atoms with Gasteiger partial charge in [-0.15, -0.1) is 0 Å². The van der Waals surface area contributed by atoms with E-state index in [1.165, 1.54) is 6.92 Å². The zero-order valence-corrected chi connectivity index (χ0v) is 8.58. The van der Waals surface area contributed by atoms with Crippen molar-refractivity contribution in [3.63, 3.8) is 0 Å². The van der Waals surface area contributed by atoms with E-state index in [1.807, 2.05) is 6.92 Å². The Kier molecular flexibility index (Phi) is 5.76. The summed E-state index contributed by atoms with van der Waals surface area (Å²) < 4.78 is 0. The van der Waals surface area contributed by atoms with Crippen molar-refractivity contribution in [3.8, 4) is 0 Å². The van der Waals surface area contributed by atoms with Crippen molar-refractivity contribution in [3.05, 3.63) is 0 Å². The molecule has 0 rings (SSSR count). The van der Waals surface area contributed by atoms with Gasteiger partial charge in [0.05, 0.1) is 6.42 Å². The van der Waals surface area contributed by atoms with Crippen LogP contribution in [0.4, 0.5) is 0 Å². The predicted molar refractivity (Wildman–Crippen MR) is 51.0 cm³/mol. The SMILES string of the molecule is CCCCC(=O)CC(=O)C(C)C(=O)O. The molecule has 0 heterocycles. The largest absolute Gasteiger partial charge is 0.481 e. The highest BCUT2D eigenvalue weighted by Gasteiger charge is 2.22. The number of aliphatic carboxylic acids is 1. The molecule has 14 heavy (non-hydrogen) atoms.